The highest BCUT2D eigenvalue weighted by Gasteiger charge is 2.08. The molecular weight excluding hydrogens is 322 g/mol. The molecule has 6 heteroatoms. The summed E-state index contributed by atoms with van der Waals surface area (Å²) in [6.45, 7) is 3.70. The topological polar surface area (TPSA) is 70.2 Å². The number of hydrogen-bond acceptors (Lipinski definition) is 3. The van der Waals surface area contributed by atoms with Crippen molar-refractivity contribution in [2.75, 3.05) is 10.6 Å². The van der Waals surface area contributed by atoms with E-state index in [1.54, 1.807) is 37.3 Å². The highest BCUT2D eigenvalue weighted by atomic mass is 32.1. The lowest BCUT2D eigenvalue weighted by atomic mass is 10.1. The molecule has 0 bridgehead atoms. The first-order valence-corrected chi connectivity index (χ1v) is 7.98. The summed E-state index contributed by atoms with van der Waals surface area (Å²) in [6, 6.07) is 14.3. The van der Waals surface area contributed by atoms with Crippen LogP contribution >= 0.6 is 12.2 Å². The Kier molecular flexibility index (Phi) is 6.03. The third-order valence-electron chi connectivity index (χ3n) is 3.35. The largest absolute Gasteiger partial charge is 0.332 e. The molecule has 0 aliphatic heterocycles. The number of carbonyl (C=O) groups excluding carboxylic acids is 2. The maximum Gasteiger partial charge on any atom is 0.257 e. The van der Waals surface area contributed by atoms with Gasteiger partial charge in [0.2, 0.25) is 5.91 Å². The molecule has 0 aliphatic rings. The van der Waals surface area contributed by atoms with Gasteiger partial charge in [-0.25, -0.2) is 0 Å². The van der Waals surface area contributed by atoms with Crippen molar-refractivity contribution in [3.63, 3.8) is 0 Å². The Morgan fingerprint density at radius 1 is 1.04 bits per heavy atom. The molecule has 2 aromatic rings. The van der Waals surface area contributed by atoms with E-state index >= 15 is 0 Å². The van der Waals surface area contributed by atoms with E-state index < -0.39 is 0 Å². The van der Waals surface area contributed by atoms with Gasteiger partial charge >= 0.3 is 0 Å². The normalized spacial score (nSPS) is 9.92. The maximum atomic E-state index is 12.1. The van der Waals surface area contributed by atoms with Crippen LogP contribution in [0.5, 0.6) is 0 Å². The van der Waals surface area contributed by atoms with Gasteiger partial charge < -0.3 is 10.6 Å². The summed E-state index contributed by atoms with van der Waals surface area (Å²) in [7, 11) is 0. The van der Waals surface area contributed by atoms with Crippen molar-refractivity contribution in [1.82, 2.24) is 5.32 Å². The van der Waals surface area contributed by atoms with Crippen molar-refractivity contribution in [1.29, 1.82) is 0 Å². The summed E-state index contributed by atoms with van der Waals surface area (Å²) >= 11 is 5.17. The van der Waals surface area contributed by atoms with E-state index in [1.165, 1.54) is 0 Å². The van der Waals surface area contributed by atoms with Crippen molar-refractivity contribution >= 4 is 40.5 Å². The van der Waals surface area contributed by atoms with Crippen molar-refractivity contribution in [3.8, 4) is 0 Å². The summed E-state index contributed by atoms with van der Waals surface area (Å²) in [6.07, 6.45) is 0.405. The molecule has 0 saturated carbocycles. The molecule has 2 amide bonds. The molecular formula is C18H19N3O2S. The molecule has 0 radical (unpaired) electrons. The molecule has 0 aromatic heterocycles. The molecule has 5 nitrogen and oxygen atoms in total. The van der Waals surface area contributed by atoms with Crippen LogP contribution in [0.15, 0.2) is 48.5 Å². The highest BCUT2D eigenvalue weighted by Crippen LogP contribution is 2.20. The van der Waals surface area contributed by atoms with Gasteiger partial charge in [-0.05, 0) is 49.0 Å². The summed E-state index contributed by atoms with van der Waals surface area (Å²) in [5.74, 6) is -0.338. The molecule has 2 rings (SSSR count). The maximum absolute atomic E-state index is 12.1. The van der Waals surface area contributed by atoms with E-state index in [4.69, 9.17) is 12.2 Å². The fourth-order valence-corrected chi connectivity index (χ4v) is 2.21. The van der Waals surface area contributed by atoms with Crippen LogP contribution in [0.2, 0.25) is 0 Å². The minimum absolute atomic E-state index is 0.0600. The third-order valence-corrected chi connectivity index (χ3v) is 3.56. The zero-order valence-electron chi connectivity index (χ0n) is 13.6. The van der Waals surface area contributed by atoms with Gasteiger partial charge in [-0.15, -0.1) is 0 Å². The minimum Gasteiger partial charge on any atom is -0.332 e. The van der Waals surface area contributed by atoms with Crippen molar-refractivity contribution in [3.05, 3.63) is 59.7 Å². The fourth-order valence-electron chi connectivity index (χ4n) is 2.00. The van der Waals surface area contributed by atoms with Gasteiger partial charge in [-0.2, -0.15) is 0 Å². The van der Waals surface area contributed by atoms with Crippen molar-refractivity contribution in [2.24, 2.45) is 0 Å². The Labute approximate surface area is 146 Å². The Bertz CT molecular complexity index is 760. The Hall–Kier alpha value is -2.73. The lowest BCUT2D eigenvalue weighted by Crippen LogP contribution is -2.34. The van der Waals surface area contributed by atoms with Crippen LogP contribution < -0.4 is 16.0 Å². The summed E-state index contributed by atoms with van der Waals surface area (Å²) < 4.78 is 0. The lowest BCUT2D eigenvalue weighted by molar-refractivity contribution is -0.115. The molecule has 3 N–H and O–H groups in total. The average molecular weight is 341 g/mol. The number of carbonyl (C=O) groups is 2. The molecule has 0 aliphatic carbocycles. The predicted molar refractivity (Wildman–Crippen MR) is 100 cm³/mol. The van der Waals surface area contributed by atoms with Gasteiger partial charge in [0.15, 0.2) is 5.11 Å². The monoisotopic (exact) mass is 341 g/mol. The highest BCUT2D eigenvalue weighted by molar-refractivity contribution is 7.80. The van der Waals surface area contributed by atoms with Gasteiger partial charge in [0.05, 0.1) is 0 Å². The predicted octanol–water partition coefficient (Wildman–Crippen LogP) is 3.47. The van der Waals surface area contributed by atoms with E-state index in [0.717, 1.165) is 5.56 Å². The Morgan fingerprint density at radius 2 is 1.75 bits per heavy atom. The first kappa shape index (κ1) is 17.6. The number of hydrogen-bond donors (Lipinski definition) is 3. The van der Waals surface area contributed by atoms with Gasteiger partial charge in [-0.1, -0.05) is 31.2 Å². The van der Waals surface area contributed by atoms with Gasteiger partial charge in [0.25, 0.3) is 5.91 Å². The van der Waals surface area contributed by atoms with Crippen LogP contribution in [-0.4, -0.2) is 16.9 Å². The van der Waals surface area contributed by atoms with Crippen LogP contribution in [-0.2, 0) is 4.79 Å². The summed E-state index contributed by atoms with van der Waals surface area (Å²) in [4.78, 5) is 23.6. The quantitative estimate of drug-likeness (QED) is 0.745. The lowest BCUT2D eigenvalue weighted by Gasteiger charge is -2.13. The minimum atomic E-state index is -0.278. The molecule has 0 heterocycles. The van der Waals surface area contributed by atoms with Crippen LogP contribution in [0.4, 0.5) is 11.4 Å². The number of rotatable bonds is 4. The second-order valence-electron chi connectivity index (χ2n) is 5.21. The van der Waals surface area contributed by atoms with Crippen LogP contribution in [0, 0.1) is 6.92 Å². The van der Waals surface area contributed by atoms with Crippen LogP contribution in [0.3, 0.4) is 0 Å². The van der Waals surface area contributed by atoms with E-state index in [2.05, 4.69) is 16.0 Å². The smallest absolute Gasteiger partial charge is 0.257 e. The number of aryl methyl sites for hydroxylation is 1. The zero-order valence-corrected chi connectivity index (χ0v) is 14.4. The van der Waals surface area contributed by atoms with E-state index in [0.29, 0.717) is 23.4 Å². The van der Waals surface area contributed by atoms with Gasteiger partial charge in [0.1, 0.15) is 0 Å². The second kappa shape index (κ2) is 8.21. The van der Waals surface area contributed by atoms with Gasteiger partial charge in [0, 0.05) is 23.4 Å². The summed E-state index contributed by atoms with van der Waals surface area (Å²) in [5.41, 5.74) is 2.87. The van der Waals surface area contributed by atoms with E-state index in [9.17, 15) is 9.59 Å². The molecule has 0 unspecified atom stereocenters. The number of benzene rings is 2. The Morgan fingerprint density at radius 3 is 2.42 bits per heavy atom. The van der Waals surface area contributed by atoms with Gasteiger partial charge in [-0.3, -0.25) is 14.9 Å². The number of nitrogens with one attached hydrogen (secondary N) is 3. The molecule has 24 heavy (non-hydrogen) atoms. The molecule has 0 fully saturated rings. The van der Waals surface area contributed by atoms with Crippen molar-refractivity contribution < 1.29 is 9.59 Å². The second-order valence-corrected chi connectivity index (χ2v) is 5.61. The average Bonchev–Trinajstić information content (AvgIpc) is 2.58. The fraction of sp³-hybridized carbons (Fsp3) is 0.167. The first-order chi connectivity index (χ1) is 11.5. The van der Waals surface area contributed by atoms with Crippen LogP contribution in [0.25, 0.3) is 0 Å². The summed E-state index contributed by atoms with van der Waals surface area (Å²) in [5, 5.41) is 8.60. The Balaban J connectivity index is 2.02. The SMILES string of the molecule is CCC(=O)Nc1cc(NC(=S)NC(=O)c2ccccc2)ccc1C. The number of amides is 2. The standard InChI is InChI=1S/C18H19N3O2S/c1-3-16(22)20-15-11-14(10-9-12(15)2)19-18(24)21-17(23)13-7-5-4-6-8-13/h4-11H,3H2,1-2H3,(H,20,22)(H2,19,21,23,24). The van der Waals surface area contributed by atoms with E-state index in [1.807, 2.05) is 25.1 Å². The molecule has 2 aromatic carbocycles. The molecule has 0 saturated heterocycles. The van der Waals surface area contributed by atoms with Crippen molar-refractivity contribution in [2.45, 2.75) is 20.3 Å². The molecule has 124 valence electrons. The third kappa shape index (κ3) is 4.89. The van der Waals surface area contributed by atoms with Crippen LogP contribution in [0.1, 0.15) is 29.3 Å². The molecule has 0 atom stereocenters. The zero-order chi connectivity index (χ0) is 17.5. The number of anilines is 2. The van der Waals surface area contributed by atoms with E-state index in [-0.39, 0.29) is 16.9 Å². The first-order valence-electron chi connectivity index (χ1n) is 7.57. The molecule has 0 spiro atoms. The number of thiocarbonyl (C=S) groups is 1.